The Kier molecular flexibility index (Phi) is 3.99. The standard InChI is InChI=1S/C13H22N2O/c1-10(2)14-8-12-13(16-9-15-12)7-11-5-3-4-6-11/h9-11,14H,3-8H2,1-2H3. The molecular formula is C13H22N2O. The third-order valence-electron chi connectivity index (χ3n) is 3.35. The van der Waals surface area contributed by atoms with E-state index in [1.807, 2.05) is 0 Å². The zero-order valence-corrected chi connectivity index (χ0v) is 10.3. The summed E-state index contributed by atoms with van der Waals surface area (Å²) in [7, 11) is 0. The second-order valence-corrected chi connectivity index (χ2v) is 5.11. The summed E-state index contributed by atoms with van der Waals surface area (Å²) < 4.78 is 5.51. The lowest BCUT2D eigenvalue weighted by atomic mass is 10.0. The van der Waals surface area contributed by atoms with Gasteiger partial charge in [-0.1, -0.05) is 39.5 Å². The summed E-state index contributed by atoms with van der Waals surface area (Å²) in [6, 6.07) is 0.496. The topological polar surface area (TPSA) is 38.1 Å². The average Bonchev–Trinajstić information content (AvgIpc) is 2.87. The molecule has 1 fully saturated rings. The molecule has 1 aliphatic rings. The third-order valence-corrected chi connectivity index (χ3v) is 3.35. The van der Waals surface area contributed by atoms with Gasteiger partial charge in [-0.25, -0.2) is 4.98 Å². The van der Waals surface area contributed by atoms with Crippen LogP contribution in [0.3, 0.4) is 0 Å². The van der Waals surface area contributed by atoms with Gasteiger partial charge in [0, 0.05) is 19.0 Å². The first-order chi connectivity index (χ1) is 7.75. The predicted molar refractivity (Wildman–Crippen MR) is 64.1 cm³/mol. The van der Waals surface area contributed by atoms with E-state index in [0.29, 0.717) is 6.04 Å². The zero-order valence-electron chi connectivity index (χ0n) is 10.3. The molecule has 0 saturated heterocycles. The lowest BCUT2D eigenvalue weighted by Crippen LogP contribution is -2.22. The molecule has 90 valence electrons. The van der Waals surface area contributed by atoms with Gasteiger partial charge in [-0.15, -0.1) is 0 Å². The fraction of sp³-hybridized carbons (Fsp3) is 0.769. The van der Waals surface area contributed by atoms with Gasteiger partial charge in [0.2, 0.25) is 0 Å². The Morgan fingerprint density at radius 3 is 2.88 bits per heavy atom. The van der Waals surface area contributed by atoms with E-state index in [-0.39, 0.29) is 0 Å². The molecule has 1 aromatic rings. The molecule has 1 saturated carbocycles. The van der Waals surface area contributed by atoms with Gasteiger partial charge < -0.3 is 9.73 Å². The van der Waals surface area contributed by atoms with Crippen molar-refractivity contribution in [3.05, 3.63) is 17.8 Å². The van der Waals surface area contributed by atoms with Gasteiger partial charge in [-0.05, 0) is 5.92 Å². The van der Waals surface area contributed by atoms with Crippen LogP contribution in [0.15, 0.2) is 10.8 Å². The number of hydrogen-bond donors (Lipinski definition) is 1. The Hall–Kier alpha value is -0.830. The van der Waals surface area contributed by atoms with Crippen molar-refractivity contribution in [2.75, 3.05) is 0 Å². The third kappa shape index (κ3) is 3.08. The molecule has 0 radical (unpaired) electrons. The van der Waals surface area contributed by atoms with Crippen LogP contribution in [-0.4, -0.2) is 11.0 Å². The van der Waals surface area contributed by atoms with Crippen molar-refractivity contribution < 1.29 is 4.42 Å². The van der Waals surface area contributed by atoms with Gasteiger partial charge in [-0.2, -0.15) is 0 Å². The molecule has 0 amide bonds. The minimum absolute atomic E-state index is 0.496. The van der Waals surface area contributed by atoms with Gasteiger partial charge in [0.05, 0.1) is 5.69 Å². The summed E-state index contributed by atoms with van der Waals surface area (Å²) in [6.07, 6.45) is 8.16. The molecular weight excluding hydrogens is 200 g/mol. The SMILES string of the molecule is CC(C)NCc1ncoc1CC1CCCC1. The maximum absolute atomic E-state index is 5.51. The molecule has 2 rings (SSSR count). The monoisotopic (exact) mass is 222 g/mol. The van der Waals surface area contributed by atoms with E-state index in [0.717, 1.165) is 30.3 Å². The minimum Gasteiger partial charge on any atom is -0.448 e. The molecule has 0 bridgehead atoms. The Morgan fingerprint density at radius 2 is 2.19 bits per heavy atom. The molecule has 0 spiro atoms. The van der Waals surface area contributed by atoms with Gasteiger partial charge in [-0.3, -0.25) is 0 Å². The Bertz CT molecular complexity index is 313. The predicted octanol–water partition coefficient (Wildman–Crippen LogP) is 2.91. The first-order valence-electron chi connectivity index (χ1n) is 6.40. The molecule has 1 aliphatic carbocycles. The summed E-state index contributed by atoms with van der Waals surface area (Å²) in [5.74, 6) is 1.92. The fourth-order valence-corrected chi connectivity index (χ4v) is 2.38. The van der Waals surface area contributed by atoms with Crippen LogP contribution in [0, 0.1) is 5.92 Å². The van der Waals surface area contributed by atoms with E-state index in [1.165, 1.54) is 25.7 Å². The second kappa shape index (κ2) is 5.48. The van der Waals surface area contributed by atoms with Crippen LogP contribution in [0.5, 0.6) is 0 Å². The molecule has 0 unspecified atom stereocenters. The van der Waals surface area contributed by atoms with Crippen LogP contribution in [0.4, 0.5) is 0 Å². The number of aromatic nitrogens is 1. The van der Waals surface area contributed by atoms with Gasteiger partial charge in [0.15, 0.2) is 6.39 Å². The summed E-state index contributed by atoms with van der Waals surface area (Å²) in [6.45, 7) is 5.13. The van der Waals surface area contributed by atoms with Crippen molar-refractivity contribution in [1.82, 2.24) is 10.3 Å². The highest BCUT2D eigenvalue weighted by molar-refractivity contribution is 5.08. The maximum atomic E-state index is 5.51. The molecule has 0 atom stereocenters. The molecule has 0 aromatic carbocycles. The summed E-state index contributed by atoms with van der Waals surface area (Å²) in [4.78, 5) is 4.30. The van der Waals surface area contributed by atoms with Crippen molar-refractivity contribution in [3.8, 4) is 0 Å². The van der Waals surface area contributed by atoms with Crippen LogP contribution >= 0.6 is 0 Å². The molecule has 1 aromatic heterocycles. The molecule has 3 nitrogen and oxygen atoms in total. The van der Waals surface area contributed by atoms with Crippen LogP contribution in [0.25, 0.3) is 0 Å². The van der Waals surface area contributed by atoms with Crippen LogP contribution < -0.4 is 5.32 Å². The Balaban J connectivity index is 1.90. The van der Waals surface area contributed by atoms with E-state index in [9.17, 15) is 0 Å². The normalized spacial score (nSPS) is 17.4. The smallest absolute Gasteiger partial charge is 0.181 e. The largest absolute Gasteiger partial charge is 0.448 e. The molecule has 1 N–H and O–H groups in total. The zero-order chi connectivity index (χ0) is 11.4. The van der Waals surface area contributed by atoms with Crippen molar-refractivity contribution in [3.63, 3.8) is 0 Å². The van der Waals surface area contributed by atoms with Crippen molar-refractivity contribution in [1.29, 1.82) is 0 Å². The lowest BCUT2D eigenvalue weighted by Gasteiger charge is -2.09. The number of rotatable bonds is 5. The summed E-state index contributed by atoms with van der Waals surface area (Å²) in [5.41, 5.74) is 1.10. The highest BCUT2D eigenvalue weighted by Crippen LogP contribution is 2.28. The van der Waals surface area contributed by atoms with Crippen molar-refractivity contribution >= 4 is 0 Å². The van der Waals surface area contributed by atoms with Gasteiger partial charge in [0.1, 0.15) is 5.76 Å². The first-order valence-corrected chi connectivity index (χ1v) is 6.40. The average molecular weight is 222 g/mol. The number of hydrogen-bond acceptors (Lipinski definition) is 3. The van der Waals surface area contributed by atoms with Gasteiger partial charge >= 0.3 is 0 Å². The number of oxazole rings is 1. The van der Waals surface area contributed by atoms with Crippen LogP contribution in [0.2, 0.25) is 0 Å². The highest BCUT2D eigenvalue weighted by Gasteiger charge is 2.19. The quantitative estimate of drug-likeness (QED) is 0.832. The van der Waals surface area contributed by atoms with E-state index >= 15 is 0 Å². The van der Waals surface area contributed by atoms with E-state index in [4.69, 9.17) is 4.42 Å². The van der Waals surface area contributed by atoms with Crippen molar-refractivity contribution in [2.45, 2.75) is 58.5 Å². The Morgan fingerprint density at radius 1 is 1.44 bits per heavy atom. The summed E-state index contributed by atoms with van der Waals surface area (Å²) in [5, 5.41) is 3.39. The van der Waals surface area contributed by atoms with Crippen LogP contribution in [-0.2, 0) is 13.0 Å². The molecule has 0 aliphatic heterocycles. The number of nitrogens with zero attached hydrogens (tertiary/aromatic N) is 1. The van der Waals surface area contributed by atoms with Crippen molar-refractivity contribution in [2.24, 2.45) is 5.92 Å². The Labute approximate surface area is 97.6 Å². The van der Waals surface area contributed by atoms with Gasteiger partial charge in [0.25, 0.3) is 0 Å². The molecule has 3 heteroatoms. The first kappa shape index (κ1) is 11.6. The fourth-order valence-electron chi connectivity index (χ4n) is 2.38. The maximum Gasteiger partial charge on any atom is 0.181 e. The molecule has 16 heavy (non-hydrogen) atoms. The second-order valence-electron chi connectivity index (χ2n) is 5.11. The van der Waals surface area contributed by atoms with E-state index in [2.05, 4.69) is 24.1 Å². The number of nitrogens with one attached hydrogen (secondary N) is 1. The van der Waals surface area contributed by atoms with E-state index < -0.39 is 0 Å². The minimum atomic E-state index is 0.496. The summed E-state index contributed by atoms with van der Waals surface area (Å²) >= 11 is 0. The van der Waals surface area contributed by atoms with Crippen LogP contribution in [0.1, 0.15) is 51.0 Å². The highest BCUT2D eigenvalue weighted by atomic mass is 16.3. The molecule has 1 heterocycles. The lowest BCUT2D eigenvalue weighted by molar-refractivity contribution is 0.436. The van der Waals surface area contributed by atoms with E-state index in [1.54, 1.807) is 6.39 Å².